The van der Waals surface area contributed by atoms with E-state index in [1.165, 1.54) is 7.05 Å². The van der Waals surface area contributed by atoms with Gasteiger partial charge >= 0.3 is 6.09 Å². The van der Waals surface area contributed by atoms with Gasteiger partial charge in [0, 0.05) is 7.05 Å². The van der Waals surface area contributed by atoms with Crippen LogP contribution in [0, 0.1) is 0 Å². The van der Waals surface area contributed by atoms with E-state index >= 15 is 0 Å². The summed E-state index contributed by atoms with van der Waals surface area (Å²) < 4.78 is 5.06. The van der Waals surface area contributed by atoms with Crippen LogP contribution in [0.2, 0.25) is 0 Å². The van der Waals surface area contributed by atoms with Gasteiger partial charge in [-0.2, -0.15) is 0 Å². The minimum Gasteiger partial charge on any atom is -0.548 e. The molecule has 0 aliphatic heterocycles. The third-order valence-corrected chi connectivity index (χ3v) is 2.79. The molecule has 0 bridgehead atoms. The smallest absolute Gasteiger partial charge is 0.410 e. The summed E-state index contributed by atoms with van der Waals surface area (Å²) in [5, 5.41) is 10.9. The maximum absolute atomic E-state index is 11.7. The Hall–Kier alpha value is -2.04. The molecule has 19 heavy (non-hydrogen) atoms. The number of benzene rings is 1. The zero-order valence-corrected chi connectivity index (χ0v) is 11.2. The van der Waals surface area contributed by atoms with Crippen molar-refractivity contribution in [3.63, 3.8) is 0 Å². The number of nitrogens with zero attached hydrogens (tertiary/aromatic N) is 1. The molecule has 0 fully saturated rings. The molecule has 5 nitrogen and oxygen atoms in total. The van der Waals surface area contributed by atoms with Gasteiger partial charge in [0.15, 0.2) is 0 Å². The fraction of sp³-hybridized carbons (Fsp3) is 0.429. The van der Waals surface area contributed by atoms with Gasteiger partial charge in [0.25, 0.3) is 0 Å². The summed E-state index contributed by atoms with van der Waals surface area (Å²) in [5.41, 5.74) is 0.852. The molecule has 0 aliphatic rings. The van der Waals surface area contributed by atoms with Crippen molar-refractivity contribution < 1.29 is 19.4 Å². The van der Waals surface area contributed by atoms with E-state index < -0.39 is 18.1 Å². The molecular weight excluding hydrogens is 246 g/mol. The number of rotatable bonds is 6. The molecule has 1 aromatic carbocycles. The van der Waals surface area contributed by atoms with Gasteiger partial charge in [-0.3, -0.25) is 0 Å². The molecule has 1 rings (SSSR count). The van der Waals surface area contributed by atoms with Crippen LogP contribution in [0.25, 0.3) is 0 Å². The van der Waals surface area contributed by atoms with E-state index in [4.69, 9.17) is 4.74 Å². The monoisotopic (exact) mass is 264 g/mol. The minimum absolute atomic E-state index is 0.121. The quantitative estimate of drug-likeness (QED) is 0.773. The average Bonchev–Trinajstić information content (AvgIpc) is 2.42. The molecule has 104 valence electrons. The van der Waals surface area contributed by atoms with Gasteiger partial charge in [-0.15, -0.1) is 0 Å². The largest absolute Gasteiger partial charge is 0.548 e. The normalized spacial score (nSPS) is 11.7. The lowest BCUT2D eigenvalue weighted by atomic mass is 10.1. The summed E-state index contributed by atoms with van der Waals surface area (Å²) in [7, 11) is 1.41. The molecule has 0 aromatic heterocycles. The fourth-order valence-electron chi connectivity index (χ4n) is 1.69. The number of hydrogen-bond donors (Lipinski definition) is 0. The van der Waals surface area contributed by atoms with Gasteiger partial charge in [0.05, 0.1) is 12.0 Å². The van der Waals surface area contributed by atoms with Crippen molar-refractivity contribution in [1.82, 2.24) is 4.90 Å². The molecule has 0 N–H and O–H groups in total. The van der Waals surface area contributed by atoms with Crippen LogP contribution >= 0.6 is 0 Å². The average molecular weight is 264 g/mol. The van der Waals surface area contributed by atoms with Crippen LogP contribution in [-0.2, 0) is 16.1 Å². The van der Waals surface area contributed by atoms with Gasteiger partial charge in [-0.1, -0.05) is 43.7 Å². The summed E-state index contributed by atoms with van der Waals surface area (Å²) in [6, 6.07) is 8.26. The highest BCUT2D eigenvalue weighted by Gasteiger charge is 2.21. The fourth-order valence-corrected chi connectivity index (χ4v) is 1.69. The number of amides is 1. The summed E-state index contributed by atoms with van der Waals surface area (Å²) in [6.07, 6.45) is 0.334. The summed E-state index contributed by atoms with van der Waals surface area (Å²) in [5.74, 6) is -1.26. The number of carboxylic acid groups (broad SMARTS) is 1. The van der Waals surface area contributed by atoms with Crippen LogP contribution < -0.4 is 5.11 Å². The third-order valence-electron chi connectivity index (χ3n) is 2.79. The van der Waals surface area contributed by atoms with Crippen LogP contribution in [0.3, 0.4) is 0 Å². The van der Waals surface area contributed by atoms with Crippen molar-refractivity contribution in [2.75, 3.05) is 7.05 Å². The first-order valence-electron chi connectivity index (χ1n) is 6.20. The SMILES string of the molecule is CCC[C@@H](C(=O)[O-])N(C)C(=O)OCc1ccccc1. The first kappa shape index (κ1) is 15.0. The van der Waals surface area contributed by atoms with E-state index in [0.717, 1.165) is 10.5 Å². The summed E-state index contributed by atoms with van der Waals surface area (Å²) in [6.45, 7) is 1.97. The molecule has 0 spiro atoms. The van der Waals surface area contributed by atoms with Crippen molar-refractivity contribution in [1.29, 1.82) is 0 Å². The van der Waals surface area contributed by atoms with E-state index in [1.807, 2.05) is 37.3 Å². The lowest BCUT2D eigenvalue weighted by molar-refractivity contribution is -0.311. The second-order valence-corrected chi connectivity index (χ2v) is 4.27. The molecule has 5 heteroatoms. The molecule has 0 radical (unpaired) electrons. The van der Waals surface area contributed by atoms with Crippen LogP contribution in [0.4, 0.5) is 4.79 Å². The number of likely N-dealkylation sites (N-methyl/N-ethyl adjacent to an activating group) is 1. The minimum atomic E-state index is -1.26. The van der Waals surface area contributed by atoms with E-state index in [9.17, 15) is 14.7 Å². The predicted octanol–water partition coefficient (Wildman–Crippen LogP) is 1.17. The molecule has 0 unspecified atom stereocenters. The van der Waals surface area contributed by atoms with E-state index in [-0.39, 0.29) is 6.61 Å². The van der Waals surface area contributed by atoms with Gasteiger partial charge in [-0.25, -0.2) is 4.79 Å². The van der Waals surface area contributed by atoms with E-state index in [2.05, 4.69) is 0 Å². The summed E-state index contributed by atoms with van der Waals surface area (Å²) in [4.78, 5) is 23.8. The van der Waals surface area contributed by atoms with Crippen molar-refractivity contribution in [3.8, 4) is 0 Å². The summed E-state index contributed by atoms with van der Waals surface area (Å²) >= 11 is 0. The van der Waals surface area contributed by atoms with Crippen molar-refractivity contribution in [3.05, 3.63) is 35.9 Å². The Morgan fingerprint density at radius 3 is 2.47 bits per heavy atom. The maximum Gasteiger partial charge on any atom is 0.410 e. The van der Waals surface area contributed by atoms with Crippen LogP contribution in [-0.4, -0.2) is 30.1 Å². The van der Waals surface area contributed by atoms with Gasteiger partial charge in [0.1, 0.15) is 6.61 Å². The van der Waals surface area contributed by atoms with Gasteiger partial charge < -0.3 is 19.5 Å². The van der Waals surface area contributed by atoms with Crippen molar-refractivity contribution in [2.45, 2.75) is 32.4 Å². The maximum atomic E-state index is 11.7. The zero-order valence-electron chi connectivity index (χ0n) is 11.2. The first-order chi connectivity index (χ1) is 9.06. The molecule has 0 saturated carbocycles. The lowest BCUT2D eigenvalue weighted by Gasteiger charge is -2.27. The number of hydrogen-bond acceptors (Lipinski definition) is 4. The Morgan fingerprint density at radius 1 is 1.32 bits per heavy atom. The molecule has 1 atom stereocenters. The Morgan fingerprint density at radius 2 is 1.95 bits per heavy atom. The zero-order chi connectivity index (χ0) is 14.3. The van der Waals surface area contributed by atoms with E-state index in [0.29, 0.717) is 12.8 Å². The molecule has 0 heterocycles. The number of carbonyl (C=O) groups is 2. The molecular formula is C14H18NO4-. The van der Waals surface area contributed by atoms with Gasteiger partial charge in [0.2, 0.25) is 0 Å². The van der Waals surface area contributed by atoms with E-state index in [1.54, 1.807) is 0 Å². The Bertz CT molecular complexity index is 419. The highest BCUT2D eigenvalue weighted by Crippen LogP contribution is 2.08. The second kappa shape index (κ2) is 7.41. The first-order valence-corrected chi connectivity index (χ1v) is 6.20. The van der Waals surface area contributed by atoms with Gasteiger partial charge in [-0.05, 0) is 12.0 Å². The van der Waals surface area contributed by atoms with Crippen molar-refractivity contribution >= 4 is 12.1 Å². The standard InChI is InChI=1S/C14H19NO4/c1-3-7-12(13(16)17)15(2)14(18)19-10-11-8-5-4-6-9-11/h4-6,8-9,12H,3,7,10H2,1-2H3,(H,16,17)/p-1/t12-/m0/s1. The Balaban J connectivity index is 2.54. The number of carbonyl (C=O) groups excluding carboxylic acids is 2. The second-order valence-electron chi connectivity index (χ2n) is 4.27. The topological polar surface area (TPSA) is 69.7 Å². The molecule has 1 amide bonds. The molecule has 1 aromatic rings. The molecule has 0 saturated heterocycles. The third kappa shape index (κ3) is 4.62. The Kier molecular flexibility index (Phi) is 5.85. The number of ether oxygens (including phenoxy) is 1. The van der Waals surface area contributed by atoms with Crippen LogP contribution in [0.15, 0.2) is 30.3 Å². The number of carboxylic acids is 1. The van der Waals surface area contributed by atoms with Crippen LogP contribution in [0.1, 0.15) is 25.3 Å². The highest BCUT2D eigenvalue weighted by atomic mass is 16.6. The van der Waals surface area contributed by atoms with Crippen molar-refractivity contribution in [2.24, 2.45) is 0 Å². The van der Waals surface area contributed by atoms with Crippen LogP contribution in [0.5, 0.6) is 0 Å². The predicted molar refractivity (Wildman–Crippen MR) is 68.1 cm³/mol. The number of aliphatic carboxylic acids is 1. The lowest BCUT2D eigenvalue weighted by Crippen LogP contribution is -2.48. The highest BCUT2D eigenvalue weighted by molar-refractivity contribution is 5.78. The molecule has 0 aliphatic carbocycles. The Labute approximate surface area is 112 Å².